The third-order valence-corrected chi connectivity index (χ3v) is 3.76. The minimum Gasteiger partial charge on any atom is -0.444 e. The topological polar surface area (TPSA) is 68.0 Å². The second-order valence-electron chi connectivity index (χ2n) is 6.68. The van der Waals surface area contributed by atoms with Gasteiger partial charge in [0.1, 0.15) is 5.60 Å². The second-order valence-corrected chi connectivity index (χ2v) is 6.68. The standard InChI is InChI=1S/C15H31N3O3/c1-12(6-9-20-5)18-8-7-17(11-13(18)10-16)14(19)21-15(2,3)4/h12-13H,6-11,16H2,1-5H3. The number of ether oxygens (including phenoxy) is 2. The molecule has 6 nitrogen and oxygen atoms in total. The van der Waals surface area contributed by atoms with Crippen LogP contribution in [0.3, 0.4) is 0 Å². The van der Waals surface area contributed by atoms with E-state index in [2.05, 4.69) is 11.8 Å². The van der Waals surface area contributed by atoms with Gasteiger partial charge in [0.15, 0.2) is 0 Å². The average Bonchev–Trinajstić information content (AvgIpc) is 2.42. The summed E-state index contributed by atoms with van der Waals surface area (Å²) in [7, 11) is 1.72. The molecule has 0 aromatic rings. The number of methoxy groups -OCH3 is 1. The van der Waals surface area contributed by atoms with Gasteiger partial charge < -0.3 is 20.1 Å². The van der Waals surface area contributed by atoms with E-state index in [-0.39, 0.29) is 12.1 Å². The molecule has 1 aliphatic rings. The number of amides is 1. The Bertz CT molecular complexity index is 331. The van der Waals surface area contributed by atoms with E-state index in [1.807, 2.05) is 20.8 Å². The summed E-state index contributed by atoms with van der Waals surface area (Å²) in [5.74, 6) is 0. The molecule has 2 N–H and O–H groups in total. The van der Waals surface area contributed by atoms with Gasteiger partial charge in [-0.25, -0.2) is 4.79 Å². The SMILES string of the molecule is COCCC(C)N1CCN(C(=O)OC(C)(C)C)CC1CN. The van der Waals surface area contributed by atoms with Crippen molar-refractivity contribution >= 4 is 6.09 Å². The van der Waals surface area contributed by atoms with Crippen LogP contribution < -0.4 is 5.73 Å². The molecule has 0 radical (unpaired) electrons. The lowest BCUT2D eigenvalue weighted by atomic mass is 10.1. The first-order chi connectivity index (χ1) is 9.78. The molecule has 1 aliphatic heterocycles. The first-order valence-electron chi connectivity index (χ1n) is 7.71. The van der Waals surface area contributed by atoms with Crippen LogP contribution >= 0.6 is 0 Å². The molecule has 124 valence electrons. The van der Waals surface area contributed by atoms with E-state index >= 15 is 0 Å². The van der Waals surface area contributed by atoms with Crippen molar-refractivity contribution in [2.24, 2.45) is 5.73 Å². The Hall–Kier alpha value is -0.850. The van der Waals surface area contributed by atoms with Crippen molar-refractivity contribution in [1.29, 1.82) is 0 Å². The van der Waals surface area contributed by atoms with Crippen LogP contribution in [0.15, 0.2) is 0 Å². The van der Waals surface area contributed by atoms with Crippen molar-refractivity contribution < 1.29 is 14.3 Å². The molecule has 2 unspecified atom stereocenters. The van der Waals surface area contributed by atoms with Crippen molar-refractivity contribution in [2.75, 3.05) is 39.9 Å². The summed E-state index contributed by atoms with van der Waals surface area (Å²) in [4.78, 5) is 16.3. The van der Waals surface area contributed by atoms with Crippen LogP contribution in [0.1, 0.15) is 34.1 Å². The Labute approximate surface area is 128 Å². The van der Waals surface area contributed by atoms with Crippen molar-refractivity contribution in [1.82, 2.24) is 9.80 Å². The van der Waals surface area contributed by atoms with Gasteiger partial charge in [-0.2, -0.15) is 0 Å². The van der Waals surface area contributed by atoms with Gasteiger partial charge in [0.2, 0.25) is 0 Å². The van der Waals surface area contributed by atoms with Crippen LogP contribution in [0, 0.1) is 0 Å². The Morgan fingerprint density at radius 2 is 2.05 bits per heavy atom. The maximum absolute atomic E-state index is 12.1. The van der Waals surface area contributed by atoms with Gasteiger partial charge in [-0.15, -0.1) is 0 Å². The van der Waals surface area contributed by atoms with E-state index in [1.165, 1.54) is 0 Å². The quantitative estimate of drug-likeness (QED) is 0.829. The maximum Gasteiger partial charge on any atom is 0.410 e. The molecule has 2 atom stereocenters. The zero-order valence-corrected chi connectivity index (χ0v) is 14.1. The number of hydrogen-bond acceptors (Lipinski definition) is 5. The highest BCUT2D eigenvalue weighted by Gasteiger charge is 2.33. The Morgan fingerprint density at radius 3 is 2.57 bits per heavy atom. The van der Waals surface area contributed by atoms with Crippen LogP contribution in [-0.4, -0.2) is 73.5 Å². The largest absolute Gasteiger partial charge is 0.444 e. The molecule has 0 spiro atoms. The number of carbonyl (C=O) groups is 1. The molecule has 0 aromatic heterocycles. The predicted octanol–water partition coefficient (Wildman–Crippen LogP) is 1.29. The molecule has 0 aliphatic carbocycles. The van der Waals surface area contributed by atoms with Gasteiger partial charge in [0, 0.05) is 52.0 Å². The summed E-state index contributed by atoms with van der Waals surface area (Å²) in [6, 6.07) is 0.581. The van der Waals surface area contributed by atoms with E-state index in [4.69, 9.17) is 15.2 Å². The monoisotopic (exact) mass is 301 g/mol. The van der Waals surface area contributed by atoms with E-state index < -0.39 is 5.60 Å². The maximum atomic E-state index is 12.1. The lowest BCUT2D eigenvalue weighted by Gasteiger charge is -2.44. The zero-order valence-electron chi connectivity index (χ0n) is 14.1. The lowest BCUT2D eigenvalue weighted by molar-refractivity contribution is -0.00459. The fraction of sp³-hybridized carbons (Fsp3) is 0.933. The summed E-state index contributed by atoms with van der Waals surface area (Å²) >= 11 is 0. The third kappa shape index (κ3) is 5.80. The normalized spacial score (nSPS) is 22.2. The summed E-state index contributed by atoms with van der Waals surface area (Å²) in [5, 5.41) is 0. The average molecular weight is 301 g/mol. The van der Waals surface area contributed by atoms with Crippen molar-refractivity contribution in [3.05, 3.63) is 0 Å². The van der Waals surface area contributed by atoms with Crippen molar-refractivity contribution in [2.45, 2.75) is 51.8 Å². The molecular weight excluding hydrogens is 270 g/mol. The summed E-state index contributed by atoms with van der Waals surface area (Å²) in [6.07, 6.45) is 0.726. The van der Waals surface area contributed by atoms with Gasteiger partial charge in [0.05, 0.1) is 0 Å². The van der Waals surface area contributed by atoms with Gasteiger partial charge in [-0.05, 0) is 34.1 Å². The molecule has 1 amide bonds. The fourth-order valence-electron chi connectivity index (χ4n) is 2.61. The molecule has 1 rings (SSSR count). The van der Waals surface area contributed by atoms with E-state index in [1.54, 1.807) is 12.0 Å². The first-order valence-corrected chi connectivity index (χ1v) is 7.71. The number of nitrogens with two attached hydrogens (primary N) is 1. The van der Waals surface area contributed by atoms with Gasteiger partial charge in [-0.1, -0.05) is 0 Å². The van der Waals surface area contributed by atoms with Crippen LogP contribution in [0.25, 0.3) is 0 Å². The Kier molecular flexibility index (Phi) is 6.90. The number of carbonyl (C=O) groups excluding carboxylic acids is 1. The van der Waals surface area contributed by atoms with Gasteiger partial charge in [-0.3, -0.25) is 4.90 Å². The Morgan fingerprint density at radius 1 is 1.38 bits per heavy atom. The van der Waals surface area contributed by atoms with Crippen LogP contribution in [-0.2, 0) is 9.47 Å². The molecule has 0 saturated carbocycles. The Balaban J connectivity index is 2.58. The first kappa shape index (κ1) is 18.2. The van der Waals surface area contributed by atoms with Crippen molar-refractivity contribution in [3.8, 4) is 0 Å². The lowest BCUT2D eigenvalue weighted by Crippen LogP contribution is -2.60. The molecule has 1 fully saturated rings. The minimum atomic E-state index is -0.460. The highest BCUT2D eigenvalue weighted by Crippen LogP contribution is 2.17. The molecule has 6 heteroatoms. The predicted molar refractivity (Wildman–Crippen MR) is 83.3 cm³/mol. The van der Waals surface area contributed by atoms with E-state index in [9.17, 15) is 4.79 Å². The molecule has 0 aromatic carbocycles. The highest BCUT2D eigenvalue weighted by atomic mass is 16.6. The summed E-state index contributed by atoms with van der Waals surface area (Å²) in [6.45, 7) is 11.3. The highest BCUT2D eigenvalue weighted by molar-refractivity contribution is 5.68. The van der Waals surface area contributed by atoms with Gasteiger partial charge >= 0.3 is 6.09 Å². The smallest absolute Gasteiger partial charge is 0.410 e. The zero-order chi connectivity index (χ0) is 16.0. The molecule has 21 heavy (non-hydrogen) atoms. The van der Waals surface area contributed by atoms with Crippen molar-refractivity contribution in [3.63, 3.8) is 0 Å². The van der Waals surface area contributed by atoms with Gasteiger partial charge in [0.25, 0.3) is 0 Å². The molecule has 0 bridgehead atoms. The van der Waals surface area contributed by atoms with Crippen LogP contribution in [0.2, 0.25) is 0 Å². The molecule has 1 saturated heterocycles. The minimum absolute atomic E-state index is 0.179. The number of nitrogens with zero attached hydrogens (tertiary/aromatic N) is 2. The van der Waals surface area contributed by atoms with E-state index in [0.717, 1.165) is 19.6 Å². The third-order valence-electron chi connectivity index (χ3n) is 3.76. The summed E-state index contributed by atoms with van der Waals surface area (Å²) < 4.78 is 10.6. The molecule has 1 heterocycles. The van der Waals surface area contributed by atoms with Crippen LogP contribution in [0.4, 0.5) is 4.79 Å². The van der Waals surface area contributed by atoms with Crippen LogP contribution in [0.5, 0.6) is 0 Å². The number of piperazine rings is 1. The fourth-order valence-corrected chi connectivity index (χ4v) is 2.61. The summed E-state index contributed by atoms with van der Waals surface area (Å²) in [5.41, 5.74) is 5.44. The number of rotatable bonds is 5. The molecular formula is C15H31N3O3. The second kappa shape index (κ2) is 7.96. The van der Waals surface area contributed by atoms with E-state index in [0.29, 0.717) is 25.7 Å². The number of hydrogen-bond donors (Lipinski definition) is 1.